The second-order valence-corrected chi connectivity index (χ2v) is 10.3. The SMILES string of the molecule is CC(C)c1cc(C2(c3cccc(C(C)C)c3O)CCC(c3ccc(O)cc3)CC2)ccc1O. The van der Waals surface area contributed by atoms with Gasteiger partial charge in [-0.1, -0.05) is 70.2 Å². The Labute approximate surface area is 197 Å². The van der Waals surface area contributed by atoms with Crippen molar-refractivity contribution in [1.29, 1.82) is 0 Å². The average Bonchev–Trinajstić information content (AvgIpc) is 2.80. The number of benzene rings is 3. The van der Waals surface area contributed by atoms with E-state index in [9.17, 15) is 15.3 Å². The third-order valence-corrected chi connectivity index (χ3v) is 7.61. The Morgan fingerprint density at radius 1 is 0.758 bits per heavy atom. The molecule has 0 unspecified atom stereocenters. The standard InChI is InChI=1S/C30H36O3/c1-19(2)25-6-5-7-27(29(25)33)30(23-10-13-28(32)26(18-23)20(3)4)16-14-22(15-17-30)21-8-11-24(31)12-9-21/h5-13,18-20,22,31-33H,14-17H2,1-4H3. The van der Waals surface area contributed by atoms with Crippen molar-refractivity contribution in [2.75, 3.05) is 0 Å². The van der Waals surface area contributed by atoms with Gasteiger partial charge in [0.15, 0.2) is 0 Å². The van der Waals surface area contributed by atoms with Crippen LogP contribution in [0.15, 0.2) is 60.7 Å². The molecule has 0 heterocycles. The Hall–Kier alpha value is -2.94. The zero-order valence-corrected chi connectivity index (χ0v) is 20.2. The van der Waals surface area contributed by atoms with Gasteiger partial charge in [-0.15, -0.1) is 0 Å². The zero-order valence-electron chi connectivity index (χ0n) is 20.2. The smallest absolute Gasteiger partial charge is 0.123 e. The van der Waals surface area contributed by atoms with E-state index in [1.807, 2.05) is 30.3 Å². The topological polar surface area (TPSA) is 60.7 Å². The fourth-order valence-electron chi connectivity index (χ4n) is 5.63. The van der Waals surface area contributed by atoms with E-state index in [0.29, 0.717) is 23.2 Å². The first kappa shape index (κ1) is 23.2. The molecule has 33 heavy (non-hydrogen) atoms. The van der Waals surface area contributed by atoms with Crippen LogP contribution in [-0.2, 0) is 5.41 Å². The number of hydrogen-bond acceptors (Lipinski definition) is 3. The molecule has 0 spiro atoms. The van der Waals surface area contributed by atoms with Gasteiger partial charge >= 0.3 is 0 Å². The molecule has 0 saturated heterocycles. The second kappa shape index (κ2) is 9.13. The highest BCUT2D eigenvalue weighted by atomic mass is 16.3. The molecular formula is C30H36O3. The molecule has 0 bridgehead atoms. The van der Waals surface area contributed by atoms with Gasteiger partial charge in [0, 0.05) is 11.0 Å². The lowest BCUT2D eigenvalue weighted by atomic mass is 9.61. The van der Waals surface area contributed by atoms with Crippen molar-refractivity contribution in [2.24, 2.45) is 0 Å². The number of aromatic hydroxyl groups is 3. The van der Waals surface area contributed by atoms with Crippen LogP contribution in [0.3, 0.4) is 0 Å². The molecule has 0 amide bonds. The molecule has 1 aliphatic rings. The van der Waals surface area contributed by atoms with Crippen LogP contribution in [0.1, 0.15) is 98.9 Å². The van der Waals surface area contributed by atoms with Gasteiger partial charge in [0.1, 0.15) is 17.2 Å². The number of phenols is 3. The van der Waals surface area contributed by atoms with Gasteiger partial charge in [0.25, 0.3) is 0 Å². The van der Waals surface area contributed by atoms with Crippen LogP contribution in [-0.4, -0.2) is 15.3 Å². The summed E-state index contributed by atoms with van der Waals surface area (Å²) in [7, 11) is 0. The summed E-state index contributed by atoms with van der Waals surface area (Å²) in [6.45, 7) is 8.43. The van der Waals surface area contributed by atoms with E-state index in [1.54, 1.807) is 12.1 Å². The molecule has 1 saturated carbocycles. The third kappa shape index (κ3) is 4.34. The van der Waals surface area contributed by atoms with Gasteiger partial charge in [0.2, 0.25) is 0 Å². The number of phenolic OH excluding ortho intramolecular Hbond substituents is 3. The van der Waals surface area contributed by atoms with Gasteiger partial charge in [-0.25, -0.2) is 0 Å². The molecule has 4 rings (SSSR count). The molecule has 0 aliphatic heterocycles. The lowest BCUT2D eigenvalue weighted by Gasteiger charge is -2.42. The Balaban J connectivity index is 1.81. The number of hydrogen-bond donors (Lipinski definition) is 3. The van der Waals surface area contributed by atoms with Crippen molar-refractivity contribution in [2.45, 2.75) is 76.5 Å². The first-order chi connectivity index (χ1) is 15.7. The van der Waals surface area contributed by atoms with Crippen LogP contribution >= 0.6 is 0 Å². The average molecular weight is 445 g/mol. The summed E-state index contributed by atoms with van der Waals surface area (Å²) in [4.78, 5) is 0. The third-order valence-electron chi connectivity index (χ3n) is 7.61. The normalized spacial score (nSPS) is 21.0. The molecule has 3 nitrogen and oxygen atoms in total. The largest absolute Gasteiger partial charge is 0.508 e. The lowest BCUT2D eigenvalue weighted by molar-refractivity contribution is 0.304. The van der Waals surface area contributed by atoms with E-state index in [4.69, 9.17) is 0 Å². The molecule has 3 N–H and O–H groups in total. The van der Waals surface area contributed by atoms with E-state index >= 15 is 0 Å². The van der Waals surface area contributed by atoms with Crippen LogP contribution in [0.25, 0.3) is 0 Å². The molecule has 0 atom stereocenters. The summed E-state index contributed by atoms with van der Waals surface area (Å²) in [5.41, 5.74) is 5.06. The van der Waals surface area contributed by atoms with E-state index < -0.39 is 0 Å². The summed E-state index contributed by atoms with van der Waals surface area (Å²) in [6.07, 6.45) is 3.81. The monoisotopic (exact) mass is 444 g/mol. The predicted molar refractivity (Wildman–Crippen MR) is 134 cm³/mol. The highest BCUT2D eigenvalue weighted by Crippen LogP contribution is 2.53. The maximum absolute atomic E-state index is 11.4. The van der Waals surface area contributed by atoms with E-state index in [0.717, 1.165) is 42.4 Å². The summed E-state index contributed by atoms with van der Waals surface area (Å²) >= 11 is 0. The molecule has 0 radical (unpaired) electrons. The predicted octanol–water partition coefficient (Wildman–Crippen LogP) is 7.69. The first-order valence-electron chi connectivity index (χ1n) is 12.2. The van der Waals surface area contributed by atoms with Crippen LogP contribution in [0, 0.1) is 0 Å². The van der Waals surface area contributed by atoms with Gasteiger partial charge in [-0.05, 0) is 83.9 Å². The van der Waals surface area contributed by atoms with Crippen LogP contribution < -0.4 is 0 Å². The van der Waals surface area contributed by atoms with Crippen molar-refractivity contribution >= 4 is 0 Å². The Kier molecular flexibility index (Phi) is 6.43. The minimum absolute atomic E-state index is 0.214. The van der Waals surface area contributed by atoms with E-state index in [-0.39, 0.29) is 17.3 Å². The number of rotatable bonds is 5. The van der Waals surface area contributed by atoms with Gasteiger partial charge in [0.05, 0.1) is 0 Å². The molecule has 1 aliphatic carbocycles. The molecule has 3 aromatic rings. The van der Waals surface area contributed by atoms with E-state index in [1.165, 1.54) is 11.1 Å². The Morgan fingerprint density at radius 2 is 1.39 bits per heavy atom. The second-order valence-electron chi connectivity index (χ2n) is 10.3. The fraction of sp³-hybridized carbons (Fsp3) is 0.400. The van der Waals surface area contributed by atoms with Crippen molar-refractivity contribution in [1.82, 2.24) is 0 Å². The van der Waals surface area contributed by atoms with Crippen molar-refractivity contribution in [3.05, 3.63) is 88.5 Å². The van der Waals surface area contributed by atoms with Crippen LogP contribution in [0.5, 0.6) is 17.2 Å². The molecule has 3 heteroatoms. The quantitative estimate of drug-likeness (QED) is 0.378. The van der Waals surface area contributed by atoms with Gasteiger partial charge in [-0.3, -0.25) is 0 Å². The highest BCUT2D eigenvalue weighted by Gasteiger charge is 2.41. The number of para-hydroxylation sites is 1. The van der Waals surface area contributed by atoms with Crippen molar-refractivity contribution in [3.63, 3.8) is 0 Å². The van der Waals surface area contributed by atoms with Crippen LogP contribution in [0.2, 0.25) is 0 Å². The summed E-state index contributed by atoms with van der Waals surface area (Å²) < 4.78 is 0. The van der Waals surface area contributed by atoms with Gasteiger partial charge in [-0.2, -0.15) is 0 Å². The Bertz CT molecular complexity index is 1100. The van der Waals surface area contributed by atoms with Crippen molar-refractivity contribution < 1.29 is 15.3 Å². The minimum Gasteiger partial charge on any atom is -0.508 e. The lowest BCUT2D eigenvalue weighted by Crippen LogP contribution is -2.33. The fourth-order valence-corrected chi connectivity index (χ4v) is 5.63. The molecular weight excluding hydrogens is 408 g/mol. The Morgan fingerprint density at radius 3 is 2.00 bits per heavy atom. The zero-order chi connectivity index (χ0) is 23.8. The molecule has 0 aromatic heterocycles. The minimum atomic E-state index is -0.306. The summed E-state index contributed by atoms with van der Waals surface area (Å²) in [5.74, 6) is 1.92. The summed E-state index contributed by atoms with van der Waals surface area (Å²) in [5, 5.41) is 31.6. The van der Waals surface area contributed by atoms with Crippen LogP contribution in [0.4, 0.5) is 0 Å². The maximum atomic E-state index is 11.4. The maximum Gasteiger partial charge on any atom is 0.123 e. The van der Waals surface area contributed by atoms with Crippen molar-refractivity contribution in [3.8, 4) is 17.2 Å². The molecule has 3 aromatic carbocycles. The first-order valence-corrected chi connectivity index (χ1v) is 12.2. The highest BCUT2D eigenvalue weighted by molar-refractivity contribution is 5.53. The van der Waals surface area contributed by atoms with Gasteiger partial charge < -0.3 is 15.3 Å². The molecule has 1 fully saturated rings. The molecule has 174 valence electrons. The van der Waals surface area contributed by atoms with E-state index in [2.05, 4.69) is 45.9 Å². The summed E-state index contributed by atoms with van der Waals surface area (Å²) in [6, 6.07) is 19.8.